The molecule has 1 aromatic heterocycles. The summed E-state index contributed by atoms with van der Waals surface area (Å²) < 4.78 is 0. The van der Waals surface area contributed by atoms with E-state index in [1.165, 1.54) is 12.8 Å². The zero-order valence-electron chi connectivity index (χ0n) is 15.2. The first-order valence-electron chi connectivity index (χ1n) is 9.49. The van der Waals surface area contributed by atoms with Crippen molar-refractivity contribution in [2.75, 3.05) is 44.7 Å². The third-order valence-corrected chi connectivity index (χ3v) is 5.73. The first kappa shape index (κ1) is 17.1. The highest BCUT2D eigenvalue weighted by Gasteiger charge is 2.35. The van der Waals surface area contributed by atoms with E-state index in [9.17, 15) is 9.59 Å². The quantitative estimate of drug-likeness (QED) is 0.865. The molecule has 1 aromatic rings. The van der Waals surface area contributed by atoms with Crippen molar-refractivity contribution >= 4 is 17.8 Å². The Balaban J connectivity index is 1.35. The average molecular weight is 358 g/mol. The summed E-state index contributed by atoms with van der Waals surface area (Å²) in [4.78, 5) is 38.9. The molecule has 0 aromatic carbocycles. The van der Waals surface area contributed by atoms with Crippen LogP contribution in [0.15, 0.2) is 12.4 Å². The number of nitrogens with zero attached hydrogens (tertiary/aromatic N) is 5. The molecule has 3 aliphatic heterocycles. The van der Waals surface area contributed by atoms with Gasteiger partial charge in [0.15, 0.2) is 0 Å². The molecule has 8 heteroatoms. The van der Waals surface area contributed by atoms with Crippen LogP contribution in [0.4, 0.5) is 10.6 Å². The van der Waals surface area contributed by atoms with Gasteiger partial charge in [-0.3, -0.25) is 4.79 Å². The maximum Gasteiger partial charge on any atom is 0.317 e. The number of nitrogens with one attached hydrogen (secondary N) is 1. The molecule has 3 aliphatic rings. The fraction of sp³-hybridized carbons (Fsp3) is 0.667. The van der Waals surface area contributed by atoms with E-state index >= 15 is 0 Å². The Hall–Kier alpha value is -2.38. The average Bonchev–Trinajstić information content (AvgIpc) is 3.32. The number of likely N-dealkylation sites (N-methyl/N-ethyl adjacent to an activating group) is 1. The van der Waals surface area contributed by atoms with Crippen molar-refractivity contribution < 1.29 is 9.59 Å². The van der Waals surface area contributed by atoms with E-state index < -0.39 is 6.04 Å². The zero-order valence-corrected chi connectivity index (χ0v) is 15.2. The van der Waals surface area contributed by atoms with Gasteiger partial charge in [0.1, 0.15) is 18.2 Å². The number of amides is 3. The first-order valence-corrected chi connectivity index (χ1v) is 9.49. The fourth-order valence-electron chi connectivity index (χ4n) is 4.12. The summed E-state index contributed by atoms with van der Waals surface area (Å²) in [6.07, 6.45) is 5.93. The number of carbonyl (C=O) groups is 2. The number of hydrogen-bond donors (Lipinski definition) is 1. The van der Waals surface area contributed by atoms with E-state index in [1.807, 2.05) is 4.90 Å². The molecule has 1 atom stereocenters. The van der Waals surface area contributed by atoms with E-state index in [0.717, 1.165) is 37.4 Å². The van der Waals surface area contributed by atoms with Gasteiger partial charge >= 0.3 is 6.03 Å². The van der Waals surface area contributed by atoms with E-state index in [1.54, 1.807) is 18.3 Å². The van der Waals surface area contributed by atoms with Crippen LogP contribution in [0.3, 0.4) is 0 Å². The fourth-order valence-corrected chi connectivity index (χ4v) is 4.12. The van der Waals surface area contributed by atoms with Crippen LogP contribution in [0.1, 0.15) is 37.3 Å². The molecule has 0 radical (unpaired) electrons. The van der Waals surface area contributed by atoms with E-state index in [-0.39, 0.29) is 11.9 Å². The van der Waals surface area contributed by atoms with Crippen molar-refractivity contribution in [1.82, 2.24) is 25.1 Å². The number of likely N-dealkylation sites (tertiary alicyclic amines) is 1. The number of anilines is 1. The van der Waals surface area contributed by atoms with Crippen molar-refractivity contribution in [1.29, 1.82) is 0 Å². The maximum atomic E-state index is 12.6. The first-order chi connectivity index (χ1) is 12.6. The van der Waals surface area contributed by atoms with Crippen LogP contribution in [0.25, 0.3) is 0 Å². The number of aromatic nitrogens is 2. The lowest BCUT2D eigenvalue weighted by atomic mass is 9.93. The molecule has 26 heavy (non-hydrogen) atoms. The summed E-state index contributed by atoms with van der Waals surface area (Å²) >= 11 is 0. The second kappa shape index (κ2) is 7.09. The number of carbonyl (C=O) groups excluding carboxylic acids is 2. The smallest absolute Gasteiger partial charge is 0.317 e. The predicted octanol–water partition coefficient (Wildman–Crippen LogP) is 0.806. The molecule has 3 amide bonds. The van der Waals surface area contributed by atoms with Gasteiger partial charge in [-0.15, -0.1) is 0 Å². The molecular weight excluding hydrogens is 332 g/mol. The monoisotopic (exact) mass is 358 g/mol. The second-order valence-electron chi connectivity index (χ2n) is 7.48. The van der Waals surface area contributed by atoms with Gasteiger partial charge in [-0.1, -0.05) is 0 Å². The number of urea groups is 1. The van der Waals surface area contributed by atoms with E-state index in [2.05, 4.69) is 26.3 Å². The summed E-state index contributed by atoms with van der Waals surface area (Å²) in [5, 5.41) is 2.75. The normalized spacial score (nSPS) is 24.3. The summed E-state index contributed by atoms with van der Waals surface area (Å²) in [6.45, 7) is 4.02. The molecule has 3 saturated heterocycles. The van der Waals surface area contributed by atoms with Crippen molar-refractivity contribution in [3.8, 4) is 0 Å². The Labute approximate surface area is 153 Å². The third-order valence-electron chi connectivity index (χ3n) is 5.73. The minimum atomic E-state index is -0.412. The highest BCUT2D eigenvalue weighted by atomic mass is 16.2. The number of rotatable bonds is 3. The lowest BCUT2D eigenvalue weighted by molar-refractivity contribution is -0.133. The molecule has 0 bridgehead atoms. The molecule has 4 rings (SSSR count). The van der Waals surface area contributed by atoms with Crippen molar-refractivity contribution in [2.45, 2.75) is 37.6 Å². The molecule has 0 unspecified atom stereocenters. The van der Waals surface area contributed by atoms with E-state index in [0.29, 0.717) is 25.6 Å². The van der Waals surface area contributed by atoms with Crippen LogP contribution >= 0.6 is 0 Å². The third kappa shape index (κ3) is 3.32. The van der Waals surface area contributed by atoms with Gasteiger partial charge in [-0.05, 0) is 25.7 Å². The van der Waals surface area contributed by atoms with Crippen LogP contribution in [-0.4, -0.2) is 77.5 Å². The Morgan fingerprint density at radius 3 is 2.54 bits per heavy atom. The standard InChI is InChI=1S/C18H26N6O2/c1-22-11-15(21-18(22)26)17(25)24-8-4-13(5-9-24)14-10-16(20-12-19-14)23-6-2-3-7-23/h10,12-13,15H,2-9,11H2,1H3,(H,21,26)/t15-/m1/s1. The van der Waals surface area contributed by atoms with Gasteiger partial charge in [0.25, 0.3) is 0 Å². The maximum absolute atomic E-state index is 12.6. The Kier molecular flexibility index (Phi) is 4.65. The Bertz CT molecular complexity index is 682. The van der Waals surface area contributed by atoms with Crippen LogP contribution in [0.2, 0.25) is 0 Å². The molecule has 140 valence electrons. The molecule has 1 N–H and O–H groups in total. The van der Waals surface area contributed by atoms with Gasteiger partial charge in [-0.25, -0.2) is 14.8 Å². The topological polar surface area (TPSA) is 81.7 Å². The second-order valence-corrected chi connectivity index (χ2v) is 7.48. The molecule has 0 aliphatic carbocycles. The number of hydrogen-bond acceptors (Lipinski definition) is 5. The zero-order chi connectivity index (χ0) is 18.1. The molecule has 0 saturated carbocycles. The number of piperidine rings is 1. The SMILES string of the molecule is CN1C[C@H](C(=O)N2CCC(c3cc(N4CCCC4)ncn3)CC2)NC1=O. The Morgan fingerprint density at radius 2 is 1.88 bits per heavy atom. The summed E-state index contributed by atoms with van der Waals surface area (Å²) in [5.74, 6) is 1.42. The Morgan fingerprint density at radius 1 is 1.15 bits per heavy atom. The minimum Gasteiger partial charge on any atom is -0.357 e. The largest absolute Gasteiger partial charge is 0.357 e. The minimum absolute atomic E-state index is 0.0293. The molecule has 0 spiro atoms. The summed E-state index contributed by atoms with van der Waals surface area (Å²) in [6, 6.07) is 1.54. The van der Waals surface area contributed by atoms with E-state index in [4.69, 9.17) is 0 Å². The van der Waals surface area contributed by atoms with Gasteiger partial charge in [0, 0.05) is 50.9 Å². The van der Waals surface area contributed by atoms with Gasteiger partial charge in [0.05, 0.1) is 6.54 Å². The van der Waals surface area contributed by atoms with Crippen molar-refractivity contribution in [3.63, 3.8) is 0 Å². The molecule has 4 heterocycles. The highest BCUT2D eigenvalue weighted by Crippen LogP contribution is 2.29. The summed E-state index contributed by atoms with van der Waals surface area (Å²) in [7, 11) is 1.71. The van der Waals surface area contributed by atoms with Crippen LogP contribution in [0.5, 0.6) is 0 Å². The van der Waals surface area contributed by atoms with Gasteiger partial charge in [-0.2, -0.15) is 0 Å². The lowest BCUT2D eigenvalue weighted by Crippen LogP contribution is -2.48. The summed E-state index contributed by atoms with van der Waals surface area (Å²) in [5.41, 5.74) is 1.09. The van der Waals surface area contributed by atoms with Crippen LogP contribution in [0, 0.1) is 0 Å². The lowest BCUT2D eigenvalue weighted by Gasteiger charge is -2.33. The predicted molar refractivity (Wildman–Crippen MR) is 97.0 cm³/mol. The molecule has 3 fully saturated rings. The van der Waals surface area contributed by atoms with Crippen LogP contribution < -0.4 is 10.2 Å². The highest BCUT2D eigenvalue weighted by molar-refractivity contribution is 5.90. The van der Waals surface area contributed by atoms with Gasteiger partial charge < -0.3 is 20.0 Å². The van der Waals surface area contributed by atoms with Crippen molar-refractivity contribution in [2.24, 2.45) is 0 Å². The molecular formula is C18H26N6O2. The molecule has 8 nitrogen and oxygen atoms in total. The van der Waals surface area contributed by atoms with Crippen LogP contribution in [-0.2, 0) is 4.79 Å². The van der Waals surface area contributed by atoms with Crippen molar-refractivity contribution in [3.05, 3.63) is 18.1 Å². The van der Waals surface area contributed by atoms with Gasteiger partial charge in [0.2, 0.25) is 5.91 Å².